The topological polar surface area (TPSA) is 142 Å². The quantitative estimate of drug-likeness (QED) is 0.140. The van der Waals surface area contributed by atoms with Crippen LogP contribution in [-0.2, 0) is 25.6 Å². The highest BCUT2D eigenvalue weighted by atomic mass is 127. The Morgan fingerprint density at radius 2 is 1.50 bits per heavy atom. The highest BCUT2D eigenvalue weighted by molar-refractivity contribution is 14.1. The van der Waals surface area contributed by atoms with Gasteiger partial charge in [-0.2, -0.15) is 0 Å². The summed E-state index contributed by atoms with van der Waals surface area (Å²) < 4.78 is 9.11. The number of rotatable bonds is 10. The molecule has 4 N–H and O–H groups in total. The van der Waals surface area contributed by atoms with E-state index in [-0.39, 0.29) is 29.9 Å². The van der Waals surface area contributed by atoms with E-state index >= 15 is 0 Å². The lowest BCUT2D eigenvalue weighted by Crippen LogP contribution is -2.42. The number of carbonyl (C=O) groups excluding carboxylic acids is 3. The Labute approximate surface area is 274 Å². The van der Waals surface area contributed by atoms with Crippen LogP contribution < -0.4 is 15.4 Å². The van der Waals surface area contributed by atoms with Gasteiger partial charge in [0.15, 0.2) is 5.75 Å². The zero-order chi connectivity index (χ0) is 28.4. The Hall–Kier alpha value is -1.22. The van der Waals surface area contributed by atoms with Crippen LogP contribution >= 0.6 is 90.4 Å². The number of carboxylic acids is 1. The van der Waals surface area contributed by atoms with Gasteiger partial charge in [0.2, 0.25) is 5.91 Å². The molecule has 3 amide bonds. The number of aliphatic carboxylic acids is 1. The van der Waals surface area contributed by atoms with Crippen LogP contribution in [0, 0.1) is 14.3 Å². The van der Waals surface area contributed by atoms with Crippen molar-refractivity contribution in [3.8, 4) is 17.2 Å². The lowest BCUT2D eigenvalue weighted by molar-refractivity contribution is -0.141. The fraction of sp³-hybridized carbons (Fsp3) is 0.280. The molecule has 0 aliphatic carbocycles. The highest BCUT2D eigenvalue weighted by Gasteiger charge is 2.22. The van der Waals surface area contributed by atoms with Crippen LogP contribution in [0.5, 0.6) is 17.2 Å². The minimum absolute atomic E-state index is 0.191. The van der Waals surface area contributed by atoms with Crippen molar-refractivity contribution < 1.29 is 34.1 Å². The molecule has 1 aliphatic heterocycles. The summed E-state index contributed by atoms with van der Waals surface area (Å²) in [6.07, 6.45) is 5.63. The van der Waals surface area contributed by atoms with Crippen LogP contribution in [0.25, 0.3) is 0 Å². The zero-order valence-electron chi connectivity index (χ0n) is 20.0. The number of imide groups is 1. The van der Waals surface area contributed by atoms with Gasteiger partial charge in [0.05, 0.1) is 14.3 Å². The number of amides is 3. The van der Waals surface area contributed by atoms with Crippen molar-refractivity contribution >= 4 is 114 Å². The molecular formula is C25H24I4N2O7. The Kier molecular flexibility index (Phi) is 14.0. The van der Waals surface area contributed by atoms with Gasteiger partial charge in [-0.25, -0.2) is 4.79 Å². The molecule has 0 radical (unpaired) electrons. The van der Waals surface area contributed by atoms with Crippen molar-refractivity contribution in [1.82, 2.24) is 10.6 Å². The van der Waals surface area contributed by atoms with Gasteiger partial charge in [0, 0.05) is 25.0 Å². The van der Waals surface area contributed by atoms with E-state index < -0.39 is 12.0 Å². The molecule has 0 fully saturated rings. The van der Waals surface area contributed by atoms with Crippen LogP contribution in [0.3, 0.4) is 0 Å². The van der Waals surface area contributed by atoms with E-state index in [1.54, 1.807) is 12.1 Å². The first kappa shape index (κ1) is 33.0. The maximum atomic E-state index is 12.1. The van der Waals surface area contributed by atoms with Crippen LogP contribution in [-0.4, -0.2) is 39.9 Å². The minimum atomic E-state index is -1.05. The molecule has 1 aliphatic rings. The zero-order valence-corrected chi connectivity index (χ0v) is 28.7. The molecule has 1 atom stereocenters. The van der Waals surface area contributed by atoms with E-state index in [9.17, 15) is 29.4 Å². The van der Waals surface area contributed by atoms with E-state index in [2.05, 4.69) is 103 Å². The molecule has 13 heteroatoms. The summed E-state index contributed by atoms with van der Waals surface area (Å²) in [5, 5.41) is 24.2. The Balaban J connectivity index is 0.000000624. The van der Waals surface area contributed by atoms with Gasteiger partial charge >= 0.3 is 5.97 Å². The SMILES string of the molecule is CCCCCC(=O)NC(Cc1cc(I)c(Oc2cc(I)c(O)c(I)c2)c(I)c1)C(=O)O.O=C1C=CC(=O)N1. The smallest absolute Gasteiger partial charge is 0.326 e. The lowest BCUT2D eigenvalue weighted by atomic mass is 10.1. The van der Waals surface area contributed by atoms with Crippen LogP contribution in [0.4, 0.5) is 0 Å². The third-order valence-corrected chi connectivity index (χ3v) is 8.23. The molecule has 0 spiro atoms. The molecule has 2 aromatic rings. The number of phenols is 1. The molecule has 1 heterocycles. The summed E-state index contributed by atoms with van der Waals surface area (Å²) >= 11 is 8.42. The number of ether oxygens (including phenoxy) is 1. The summed E-state index contributed by atoms with van der Waals surface area (Å²) in [5.74, 6) is -0.445. The van der Waals surface area contributed by atoms with Crippen molar-refractivity contribution in [2.45, 2.75) is 45.1 Å². The minimum Gasteiger partial charge on any atom is -0.506 e. The molecule has 204 valence electrons. The van der Waals surface area contributed by atoms with Gasteiger partial charge in [-0.1, -0.05) is 19.8 Å². The van der Waals surface area contributed by atoms with E-state index in [1.807, 2.05) is 17.4 Å². The molecule has 3 rings (SSSR count). The number of aromatic hydroxyl groups is 1. The van der Waals surface area contributed by atoms with Crippen molar-refractivity contribution in [2.75, 3.05) is 0 Å². The predicted molar refractivity (Wildman–Crippen MR) is 175 cm³/mol. The molecule has 2 aromatic carbocycles. The molecule has 0 saturated carbocycles. The largest absolute Gasteiger partial charge is 0.506 e. The van der Waals surface area contributed by atoms with Gasteiger partial charge in [-0.05, 0) is 127 Å². The summed E-state index contributed by atoms with van der Waals surface area (Å²) in [6.45, 7) is 2.05. The fourth-order valence-electron chi connectivity index (χ4n) is 3.14. The molecular weight excluding hydrogens is 948 g/mol. The maximum Gasteiger partial charge on any atom is 0.326 e. The molecule has 0 bridgehead atoms. The number of benzene rings is 2. The van der Waals surface area contributed by atoms with Crippen molar-refractivity contribution in [2.24, 2.45) is 0 Å². The third-order valence-electron chi connectivity index (χ3n) is 4.98. The molecule has 0 aromatic heterocycles. The van der Waals surface area contributed by atoms with Gasteiger partial charge in [0.1, 0.15) is 17.5 Å². The second-order valence-corrected chi connectivity index (χ2v) is 12.7. The molecule has 1 unspecified atom stereocenters. The van der Waals surface area contributed by atoms with Crippen LogP contribution in [0.2, 0.25) is 0 Å². The number of nitrogens with one attached hydrogen (secondary N) is 2. The van der Waals surface area contributed by atoms with Gasteiger partial charge in [-0.3, -0.25) is 19.7 Å². The number of phenolic OH excluding ortho intramolecular Hbond substituents is 1. The van der Waals surface area contributed by atoms with Crippen LogP contribution in [0.1, 0.15) is 38.2 Å². The molecule has 9 nitrogen and oxygen atoms in total. The second kappa shape index (κ2) is 16.1. The first-order chi connectivity index (χ1) is 17.9. The second-order valence-electron chi connectivity index (χ2n) is 8.03. The summed E-state index contributed by atoms with van der Waals surface area (Å²) in [6, 6.07) is 6.27. The number of carbonyl (C=O) groups is 4. The normalized spacial score (nSPS) is 12.9. The maximum absolute atomic E-state index is 12.1. The lowest BCUT2D eigenvalue weighted by Gasteiger charge is -2.17. The standard InChI is InChI=1S/C21H21I4NO5.C4H3NO2/c1-2-3-4-5-18(27)26-17(21(29)30)8-11-6-15(24)20(16(25)7-11)31-12-9-13(22)19(28)14(23)10-12;6-3-1-2-4(7)5-3/h6-7,9-10,17,28H,2-5,8H2,1H3,(H,26,27)(H,29,30);1-2H,(H,5,6,7). The average molecular weight is 972 g/mol. The first-order valence-corrected chi connectivity index (χ1v) is 15.6. The van der Waals surface area contributed by atoms with Crippen LogP contribution in [0.15, 0.2) is 36.4 Å². The van der Waals surface area contributed by atoms with Crippen molar-refractivity contribution in [3.05, 3.63) is 56.3 Å². The fourth-order valence-corrected chi connectivity index (χ4v) is 6.97. The third kappa shape index (κ3) is 10.7. The number of unbranched alkanes of at least 4 members (excludes halogenated alkanes) is 2. The monoisotopic (exact) mass is 972 g/mol. The summed E-state index contributed by atoms with van der Waals surface area (Å²) in [5.41, 5.74) is 0.803. The average Bonchev–Trinajstić information content (AvgIpc) is 3.22. The number of carboxylic acid groups (broad SMARTS) is 1. The molecule has 0 saturated heterocycles. The number of hydrogen-bond acceptors (Lipinski definition) is 6. The molecule has 38 heavy (non-hydrogen) atoms. The van der Waals surface area contributed by atoms with E-state index in [1.165, 1.54) is 12.2 Å². The van der Waals surface area contributed by atoms with E-state index in [4.69, 9.17) is 4.74 Å². The van der Waals surface area contributed by atoms with Crippen molar-refractivity contribution in [1.29, 1.82) is 0 Å². The van der Waals surface area contributed by atoms with Gasteiger partial charge in [0.25, 0.3) is 11.8 Å². The Morgan fingerprint density at radius 3 is 1.95 bits per heavy atom. The van der Waals surface area contributed by atoms with Crippen molar-refractivity contribution in [3.63, 3.8) is 0 Å². The van der Waals surface area contributed by atoms with Gasteiger partial charge < -0.3 is 20.3 Å². The van der Waals surface area contributed by atoms with E-state index in [0.717, 1.165) is 32.0 Å². The van der Waals surface area contributed by atoms with E-state index in [0.29, 0.717) is 25.1 Å². The first-order valence-electron chi connectivity index (χ1n) is 11.3. The highest BCUT2D eigenvalue weighted by Crippen LogP contribution is 2.37. The number of hydrogen-bond donors (Lipinski definition) is 4. The summed E-state index contributed by atoms with van der Waals surface area (Å²) in [7, 11) is 0. The summed E-state index contributed by atoms with van der Waals surface area (Å²) in [4.78, 5) is 43.8. The number of halogens is 4. The Morgan fingerprint density at radius 1 is 0.947 bits per heavy atom. The predicted octanol–water partition coefficient (Wildman–Crippen LogP) is 5.49. The Bertz CT molecular complexity index is 1190. The van der Waals surface area contributed by atoms with Gasteiger partial charge in [-0.15, -0.1) is 0 Å².